The number of thioether (sulfide) groups is 1. The zero-order valence-electron chi connectivity index (χ0n) is 52.1. The lowest BCUT2D eigenvalue weighted by molar-refractivity contribution is -0.151. The van der Waals surface area contributed by atoms with E-state index in [0.29, 0.717) is 130 Å². The average Bonchev–Trinajstić information content (AvgIpc) is 2.86. The summed E-state index contributed by atoms with van der Waals surface area (Å²) in [5.74, 6) is -4.39. The molecule has 4 rings (SSSR count). The molecule has 478 valence electrons. The van der Waals surface area contributed by atoms with Gasteiger partial charge in [-0.15, -0.1) is 11.8 Å². The van der Waals surface area contributed by atoms with Gasteiger partial charge in [-0.3, -0.25) is 28.8 Å². The van der Waals surface area contributed by atoms with Crippen LogP contribution in [0.1, 0.15) is 122 Å². The summed E-state index contributed by atoms with van der Waals surface area (Å²) < 4.78 is 45.6. The van der Waals surface area contributed by atoms with E-state index >= 15 is 0 Å². The molecule has 0 unspecified atom stereocenters. The number of nitrogens with zero attached hydrogens (tertiary/aromatic N) is 5. The fraction of sp³-hybridized carbons (Fsp3) is 0.726. The number of hydrogen-bond acceptors (Lipinski definition) is 18. The van der Waals surface area contributed by atoms with Gasteiger partial charge in [0.1, 0.15) is 16.8 Å². The number of benzene rings is 1. The number of likely N-dealkylation sites (tertiary alicyclic amines) is 2. The fourth-order valence-electron chi connectivity index (χ4n) is 11.1. The minimum absolute atomic E-state index is 0.0559. The largest absolute Gasteiger partial charge is 0.480 e. The molecule has 2 N–H and O–H groups in total. The van der Waals surface area contributed by atoms with E-state index in [1.54, 1.807) is 53.9 Å². The second kappa shape index (κ2) is 39.0. The third-order valence-corrected chi connectivity index (χ3v) is 17.0. The molecule has 85 heavy (non-hydrogen) atoms. The van der Waals surface area contributed by atoms with Crippen LogP contribution in [0.3, 0.4) is 0 Å². The molecule has 0 radical (unpaired) electrons. The van der Waals surface area contributed by atoms with E-state index in [4.69, 9.17) is 37.9 Å². The van der Waals surface area contributed by atoms with Gasteiger partial charge in [0.15, 0.2) is 11.6 Å². The first-order valence-corrected chi connectivity index (χ1v) is 31.4. The van der Waals surface area contributed by atoms with Crippen molar-refractivity contribution in [3.8, 4) is 0 Å². The number of hydrogen-bond donors (Lipinski definition) is 2. The van der Waals surface area contributed by atoms with Gasteiger partial charge >= 0.3 is 5.97 Å². The van der Waals surface area contributed by atoms with Gasteiger partial charge in [-0.25, -0.2) is 14.8 Å². The summed E-state index contributed by atoms with van der Waals surface area (Å²) in [6.07, 6.45) is 7.60. The van der Waals surface area contributed by atoms with Crippen LogP contribution < -0.4 is 5.32 Å². The van der Waals surface area contributed by atoms with Crippen LogP contribution in [0.15, 0.2) is 47.8 Å². The first-order valence-electron chi connectivity index (χ1n) is 30.2. The van der Waals surface area contributed by atoms with Gasteiger partial charge in [0.25, 0.3) is 0 Å². The van der Waals surface area contributed by atoms with Crippen LogP contribution in [-0.4, -0.2) is 227 Å². The SMILES string of the molecule is CC[C@H](C)[C@@H]([C@@H](CC(=O)N1CCC[C@H]1[C@H](OC)[C@@H](C)C(=O)N[C@@H](Cc1ccccc1)C(=O)O)OC)N(C)C(=O)[C@@H](CC(=O)[C@]1(C)CCCN1C(=O)CCOCCOCCOCCOCCOCCOCCCC(=O)c1cnc(SC)cn1)C(C)C. The number of carbonyl (C=O) groups is 7. The van der Waals surface area contributed by atoms with Crippen molar-refractivity contribution in [3.05, 3.63) is 54.0 Å². The number of aromatic nitrogens is 2. The van der Waals surface area contributed by atoms with Crippen molar-refractivity contribution in [1.29, 1.82) is 0 Å². The maximum atomic E-state index is 14.8. The van der Waals surface area contributed by atoms with Crippen LogP contribution >= 0.6 is 11.8 Å². The Bertz CT molecular complexity index is 2340. The summed E-state index contributed by atoms with van der Waals surface area (Å²) in [4.78, 5) is 109. The first kappa shape index (κ1) is 72.5. The number of Topliss-reactive ketones (excluding diaryl/α,β-unsaturated/α-hetero) is 2. The monoisotopic (exact) mass is 1210 g/mol. The van der Waals surface area contributed by atoms with Gasteiger partial charge in [0.2, 0.25) is 23.6 Å². The third kappa shape index (κ3) is 23.2. The number of nitrogens with one attached hydrogen (secondary N) is 1. The molecule has 0 spiro atoms. The topological polar surface area (TPSA) is 261 Å². The predicted molar refractivity (Wildman–Crippen MR) is 320 cm³/mol. The molecule has 0 aliphatic carbocycles. The molecule has 2 saturated heterocycles. The summed E-state index contributed by atoms with van der Waals surface area (Å²) >= 11 is 1.47. The van der Waals surface area contributed by atoms with Crippen molar-refractivity contribution >= 4 is 52.9 Å². The number of carboxylic acids is 1. The number of ketones is 2. The van der Waals surface area contributed by atoms with Gasteiger partial charge < -0.3 is 63.0 Å². The molecular formula is C62H98N6O16S. The maximum absolute atomic E-state index is 14.8. The lowest BCUT2D eigenvalue weighted by Crippen LogP contribution is -2.55. The lowest BCUT2D eigenvalue weighted by atomic mass is 9.81. The van der Waals surface area contributed by atoms with Crippen LogP contribution in [0.5, 0.6) is 0 Å². The standard InChI is InChI=1S/C62H98N6O16S/c1-11-44(4)57(52(77-8)40-56(72)67-24-15-20-50(67)58(78-9)45(5)59(73)65-48(61(75)76)38-46-18-13-12-14-19-46)66(7)60(74)47(43(2)3)39-53(70)62(6)23-17-25-68(62)55(71)22-27-80-29-31-82-33-35-84-37-36-83-34-32-81-30-28-79-26-16-21-51(69)49-41-64-54(85-10)42-63-49/h12-14,18-19,41-45,47-48,50,52,57-58H,11,15-17,20-40H2,1-10H3,(H,65,73)(H,75,76)/t44-,45+,47-,48-,50-,52+,57-,58+,62-/m0/s1. The van der Waals surface area contributed by atoms with Gasteiger partial charge in [0, 0.05) is 66.1 Å². The van der Waals surface area contributed by atoms with Crippen molar-refractivity contribution in [3.63, 3.8) is 0 Å². The maximum Gasteiger partial charge on any atom is 0.326 e. The Balaban J connectivity index is 1.15. The second-order valence-electron chi connectivity index (χ2n) is 22.5. The van der Waals surface area contributed by atoms with E-state index in [9.17, 15) is 38.7 Å². The Morgan fingerprint density at radius 3 is 1.89 bits per heavy atom. The molecule has 2 aliphatic heterocycles. The molecule has 3 heterocycles. The van der Waals surface area contributed by atoms with Gasteiger partial charge in [-0.2, -0.15) is 0 Å². The average molecular weight is 1220 g/mol. The number of carboxylic acid groups (broad SMARTS) is 1. The van der Waals surface area contributed by atoms with Gasteiger partial charge in [-0.05, 0) is 62.7 Å². The van der Waals surface area contributed by atoms with Crippen LogP contribution in [-0.2, 0) is 73.1 Å². The Morgan fingerprint density at radius 1 is 0.765 bits per heavy atom. The van der Waals surface area contributed by atoms with E-state index in [2.05, 4.69) is 15.3 Å². The van der Waals surface area contributed by atoms with Crippen molar-refractivity contribution in [2.45, 2.75) is 153 Å². The van der Waals surface area contributed by atoms with Gasteiger partial charge in [0.05, 0.1) is 134 Å². The molecule has 1 aromatic carbocycles. The van der Waals surface area contributed by atoms with Crippen molar-refractivity contribution in [2.24, 2.45) is 23.7 Å². The van der Waals surface area contributed by atoms with Crippen LogP contribution in [0.25, 0.3) is 0 Å². The molecule has 0 bridgehead atoms. The molecular weight excluding hydrogens is 1120 g/mol. The number of amides is 4. The highest BCUT2D eigenvalue weighted by Gasteiger charge is 2.48. The van der Waals surface area contributed by atoms with Crippen molar-refractivity contribution in [2.75, 3.05) is 120 Å². The van der Waals surface area contributed by atoms with E-state index < -0.39 is 59.6 Å². The first-order chi connectivity index (χ1) is 40.8. The number of likely N-dealkylation sites (N-methyl/N-ethyl adjacent to an activating group) is 1. The Morgan fingerprint density at radius 2 is 1.36 bits per heavy atom. The van der Waals surface area contributed by atoms with Crippen LogP contribution in [0.2, 0.25) is 0 Å². The zero-order chi connectivity index (χ0) is 62.3. The molecule has 9 atom stereocenters. The Labute approximate surface area is 508 Å². The fourth-order valence-corrected chi connectivity index (χ4v) is 11.4. The highest BCUT2D eigenvalue weighted by Crippen LogP contribution is 2.35. The smallest absolute Gasteiger partial charge is 0.326 e. The molecule has 2 aliphatic rings. The quantitative estimate of drug-likeness (QED) is 0.0438. The second-order valence-corrected chi connectivity index (χ2v) is 23.3. The normalized spacial score (nSPS) is 18.6. The number of carbonyl (C=O) groups excluding carboxylic acids is 6. The van der Waals surface area contributed by atoms with Crippen molar-refractivity contribution < 1.29 is 76.6 Å². The molecule has 1 aromatic heterocycles. The summed E-state index contributed by atoms with van der Waals surface area (Å²) in [6.45, 7) is 16.6. The number of aliphatic carboxylic acids is 1. The zero-order valence-corrected chi connectivity index (χ0v) is 52.9. The molecule has 4 amide bonds. The molecule has 0 saturated carbocycles. The van der Waals surface area contributed by atoms with E-state index in [0.717, 1.165) is 10.6 Å². The number of methoxy groups -OCH3 is 2. The van der Waals surface area contributed by atoms with Crippen LogP contribution in [0, 0.1) is 23.7 Å². The molecule has 22 nitrogen and oxygen atoms in total. The number of rotatable bonds is 44. The van der Waals surface area contributed by atoms with E-state index in [1.165, 1.54) is 32.2 Å². The molecule has 2 aromatic rings. The summed E-state index contributed by atoms with van der Waals surface area (Å²) in [5.41, 5.74) is 0.0412. The lowest BCUT2D eigenvalue weighted by Gasteiger charge is -2.41. The van der Waals surface area contributed by atoms with E-state index in [1.807, 2.05) is 52.1 Å². The minimum atomic E-state index is -1.16. The van der Waals surface area contributed by atoms with Crippen molar-refractivity contribution in [1.82, 2.24) is 30.0 Å². The number of ether oxygens (including phenoxy) is 8. The highest BCUT2D eigenvalue weighted by atomic mass is 32.2. The molecule has 23 heteroatoms. The van der Waals surface area contributed by atoms with E-state index in [-0.39, 0.29) is 80.0 Å². The third-order valence-electron chi connectivity index (χ3n) is 16.4. The Hall–Kier alpha value is -4.98. The summed E-state index contributed by atoms with van der Waals surface area (Å²) in [7, 11) is 4.72. The summed E-state index contributed by atoms with van der Waals surface area (Å²) in [5, 5.41) is 13.4. The summed E-state index contributed by atoms with van der Waals surface area (Å²) in [6, 6.07) is 6.89. The predicted octanol–water partition coefficient (Wildman–Crippen LogP) is 6.00. The van der Waals surface area contributed by atoms with Crippen LogP contribution in [0.4, 0.5) is 0 Å². The highest BCUT2D eigenvalue weighted by molar-refractivity contribution is 7.98. The Kier molecular flexibility index (Phi) is 33.3. The molecule has 2 fully saturated rings. The minimum Gasteiger partial charge on any atom is -0.480 e. The van der Waals surface area contributed by atoms with Gasteiger partial charge in [-0.1, -0.05) is 71.4 Å².